The van der Waals surface area contributed by atoms with E-state index in [0.717, 1.165) is 5.56 Å². The molecule has 23 heavy (non-hydrogen) atoms. The second-order valence-electron chi connectivity index (χ2n) is 6.06. The molecule has 1 aromatic rings. The Balaban J connectivity index is 1.58. The maximum Gasteiger partial charge on any atom is 0.407 e. The van der Waals surface area contributed by atoms with Gasteiger partial charge in [-0.15, -0.1) is 0 Å². The molecule has 0 saturated carbocycles. The smallest absolute Gasteiger partial charge is 0.407 e. The minimum atomic E-state index is -0.788. The number of nitrogens with one attached hydrogen (secondary N) is 1. The highest BCUT2D eigenvalue weighted by atomic mass is 16.8. The summed E-state index contributed by atoms with van der Waals surface area (Å²) < 4.78 is 22.1. The van der Waals surface area contributed by atoms with Gasteiger partial charge in [-0.3, -0.25) is 0 Å². The fourth-order valence-corrected chi connectivity index (χ4v) is 2.81. The Bertz CT molecular complexity index is 549. The molecular weight excluding hydrogens is 302 g/mol. The van der Waals surface area contributed by atoms with Crippen molar-refractivity contribution < 1.29 is 28.8 Å². The van der Waals surface area contributed by atoms with Crippen LogP contribution >= 0.6 is 0 Å². The van der Waals surface area contributed by atoms with Gasteiger partial charge >= 0.3 is 6.09 Å². The SMILES string of the molecule is CC1(C)O[C@H]2O[C@H](CO)[C@H](NC(=O)OCc3ccccc3)[C@H]2O1. The van der Waals surface area contributed by atoms with E-state index in [4.69, 9.17) is 18.9 Å². The third-order valence-corrected chi connectivity index (χ3v) is 3.83. The van der Waals surface area contributed by atoms with Crippen molar-refractivity contribution in [3.05, 3.63) is 35.9 Å². The van der Waals surface area contributed by atoms with E-state index in [2.05, 4.69) is 5.32 Å². The molecule has 2 aliphatic rings. The predicted octanol–water partition coefficient (Wildman–Crippen LogP) is 1.15. The molecule has 2 fully saturated rings. The lowest BCUT2D eigenvalue weighted by atomic mass is 10.1. The van der Waals surface area contributed by atoms with E-state index in [0.29, 0.717) is 0 Å². The summed E-state index contributed by atoms with van der Waals surface area (Å²) in [4.78, 5) is 12.0. The fraction of sp³-hybridized carbons (Fsp3) is 0.562. The van der Waals surface area contributed by atoms with Gasteiger partial charge in [0.25, 0.3) is 0 Å². The number of rotatable bonds is 4. The Hall–Kier alpha value is -1.67. The quantitative estimate of drug-likeness (QED) is 0.864. The molecule has 0 radical (unpaired) electrons. The molecule has 2 saturated heterocycles. The van der Waals surface area contributed by atoms with Crippen molar-refractivity contribution in [3.63, 3.8) is 0 Å². The second-order valence-corrected chi connectivity index (χ2v) is 6.06. The summed E-state index contributed by atoms with van der Waals surface area (Å²) in [5.74, 6) is -0.788. The largest absolute Gasteiger partial charge is 0.445 e. The van der Waals surface area contributed by atoms with Crippen LogP contribution in [-0.2, 0) is 25.6 Å². The van der Waals surface area contributed by atoms with E-state index in [1.54, 1.807) is 13.8 Å². The lowest BCUT2D eigenvalue weighted by Crippen LogP contribution is -2.49. The van der Waals surface area contributed by atoms with Gasteiger partial charge < -0.3 is 29.4 Å². The van der Waals surface area contributed by atoms with Crippen molar-refractivity contribution in [1.82, 2.24) is 5.32 Å². The molecule has 0 aromatic heterocycles. The van der Waals surface area contributed by atoms with Gasteiger partial charge in [-0.2, -0.15) is 0 Å². The number of carbonyl (C=O) groups excluding carboxylic acids is 1. The Labute approximate surface area is 134 Å². The Morgan fingerprint density at radius 2 is 2.04 bits per heavy atom. The highest BCUT2D eigenvalue weighted by Crippen LogP contribution is 2.37. The molecule has 1 aromatic carbocycles. The second kappa shape index (κ2) is 6.45. The summed E-state index contributed by atoms with van der Waals surface area (Å²) in [5, 5.41) is 12.1. The first kappa shape index (κ1) is 16.2. The standard InChI is InChI=1S/C16H21NO6/c1-16(2)22-13-12(11(8-18)21-14(13)23-16)17-15(19)20-9-10-6-4-3-5-7-10/h3-7,11-14,18H,8-9H2,1-2H3,(H,17,19)/t11-,12+,13-,14-/m1/s1. The average molecular weight is 323 g/mol. The molecule has 0 aliphatic carbocycles. The third kappa shape index (κ3) is 3.64. The minimum absolute atomic E-state index is 0.168. The first-order valence-corrected chi connectivity index (χ1v) is 7.58. The number of amides is 1. The van der Waals surface area contributed by atoms with Crippen molar-refractivity contribution in [2.75, 3.05) is 6.61 Å². The summed E-state index contributed by atoms with van der Waals surface area (Å²) >= 11 is 0. The van der Waals surface area contributed by atoms with Gasteiger partial charge in [-0.05, 0) is 19.4 Å². The summed E-state index contributed by atoms with van der Waals surface area (Å²) in [7, 11) is 0. The van der Waals surface area contributed by atoms with Gasteiger partial charge in [0.15, 0.2) is 12.1 Å². The minimum Gasteiger partial charge on any atom is -0.445 e. The van der Waals surface area contributed by atoms with Crippen LogP contribution in [0.5, 0.6) is 0 Å². The summed E-state index contributed by atoms with van der Waals surface area (Å²) in [6, 6.07) is 8.85. The lowest BCUT2D eigenvalue weighted by Gasteiger charge is -2.25. The molecule has 2 heterocycles. The number of aliphatic hydroxyl groups excluding tert-OH is 1. The van der Waals surface area contributed by atoms with Crippen LogP contribution in [0.2, 0.25) is 0 Å². The topological polar surface area (TPSA) is 86.2 Å². The molecule has 2 aliphatic heterocycles. The fourth-order valence-electron chi connectivity index (χ4n) is 2.81. The normalized spacial score (nSPS) is 31.6. The van der Waals surface area contributed by atoms with Crippen LogP contribution in [0.3, 0.4) is 0 Å². The molecule has 0 bridgehead atoms. The lowest BCUT2D eigenvalue weighted by molar-refractivity contribution is -0.210. The van der Waals surface area contributed by atoms with Gasteiger partial charge in [0, 0.05) is 0 Å². The van der Waals surface area contributed by atoms with Crippen molar-refractivity contribution in [2.45, 2.75) is 50.8 Å². The van der Waals surface area contributed by atoms with Crippen molar-refractivity contribution in [2.24, 2.45) is 0 Å². The first-order valence-electron chi connectivity index (χ1n) is 7.58. The van der Waals surface area contributed by atoms with Crippen molar-refractivity contribution >= 4 is 6.09 Å². The zero-order valence-corrected chi connectivity index (χ0v) is 13.1. The van der Waals surface area contributed by atoms with E-state index in [-0.39, 0.29) is 13.2 Å². The Morgan fingerprint density at radius 1 is 1.30 bits per heavy atom. The van der Waals surface area contributed by atoms with Crippen molar-refractivity contribution in [1.29, 1.82) is 0 Å². The molecule has 3 rings (SSSR count). The van der Waals surface area contributed by atoms with Crippen LogP contribution in [0, 0.1) is 0 Å². The zero-order chi connectivity index (χ0) is 16.4. The maximum absolute atomic E-state index is 12.0. The van der Waals surface area contributed by atoms with Crippen molar-refractivity contribution in [3.8, 4) is 0 Å². The molecular formula is C16H21NO6. The van der Waals surface area contributed by atoms with Gasteiger partial charge in [0.05, 0.1) is 12.6 Å². The average Bonchev–Trinajstić information content (AvgIpc) is 2.99. The summed E-state index contributed by atoms with van der Waals surface area (Å²) in [5.41, 5.74) is 0.892. The molecule has 7 nitrogen and oxygen atoms in total. The zero-order valence-electron chi connectivity index (χ0n) is 13.1. The van der Waals surface area contributed by atoms with Crippen LogP contribution in [0.4, 0.5) is 4.79 Å². The molecule has 0 spiro atoms. The Kier molecular flexibility index (Phi) is 4.54. The number of aliphatic hydroxyl groups is 1. The highest BCUT2D eigenvalue weighted by molar-refractivity contribution is 5.68. The van der Waals surface area contributed by atoms with Gasteiger partial charge in [-0.25, -0.2) is 4.79 Å². The van der Waals surface area contributed by atoms with Crippen LogP contribution in [-0.4, -0.2) is 48.1 Å². The van der Waals surface area contributed by atoms with Gasteiger partial charge in [0.2, 0.25) is 0 Å². The summed E-state index contributed by atoms with van der Waals surface area (Å²) in [6.07, 6.45) is -2.27. The molecule has 126 valence electrons. The van der Waals surface area contributed by atoms with E-state index in [1.165, 1.54) is 0 Å². The monoisotopic (exact) mass is 323 g/mol. The molecule has 7 heteroatoms. The number of fused-ring (bicyclic) bond motifs is 1. The number of hydrogen-bond donors (Lipinski definition) is 2. The first-order chi connectivity index (χ1) is 11.0. The highest BCUT2D eigenvalue weighted by Gasteiger charge is 2.55. The number of carbonyl (C=O) groups is 1. The maximum atomic E-state index is 12.0. The molecule has 2 N–H and O–H groups in total. The van der Waals surface area contributed by atoms with Gasteiger partial charge in [-0.1, -0.05) is 30.3 Å². The molecule has 4 atom stereocenters. The van der Waals surface area contributed by atoms with E-state index in [9.17, 15) is 9.90 Å². The van der Waals surface area contributed by atoms with Crippen LogP contribution < -0.4 is 5.32 Å². The van der Waals surface area contributed by atoms with E-state index >= 15 is 0 Å². The van der Waals surface area contributed by atoms with Crippen LogP contribution in [0.1, 0.15) is 19.4 Å². The molecule has 1 amide bonds. The van der Waals surface area contributed by atoms with E-state index in [1.807, 2.05) is 30.3 Å². The number of hydrogen-bond acceptors (Lipinski definition) is 6. The predicted molar refractivity (Wildman–Crippen MR) is 79.3 cm³/mol. The number of alkyl carbamates (subject to hydrolysis) is 1. The molecule has 0 unspecified atom stereocenters. The number of ether oxygens (including phenoxy) is 4. The third-order valence-electron chi connectivity index (χ3n) is 3.83. The van der Waals surface area contributed by atoms with Gasteiger partial charge in [0.1, 0.15) is 18.8 Å². The number of benzene rings is 1. The van der Waals surface area contributed by atoms with E-state index < -0.39 is 36.4 Å². The van der Waals surface area contributed by atoms with Crippen LogP contribution in [0.25, 0.3) is 0 Å². The van der Waals surface area contributed by atoms with Crippen LogP contribution in [0.15, 0.2) is 30.3 Å². The Morgan fingerprint density at radius 3 is 2.74 bits per heavy atom. The summed E-state index contributed by atoms with van der Waals surface area (Å²) in [6.45, 7) is 3.46.